The lowest BCUT2D eigenvalue weighted by atomic mass is 10.1. The Kier molecular flexibility index (Phi) is 4.00. The van der Waals surface area contributed by atoms with E-state index < -0.39 is 0 Å². The predicted octanol–water partition coefficient (Wildman–Crippen LogP) is 1.06. The number of carbonyl (C=O) groups is 1. The standard InChI is InChI=1S/C12H17N7OS/c1-18-8-10(16-17-18)15-11(20)14-9-2-5-19(6-3-9)12-13-4-7-21-12/h4,7-9H,2-3,5-6H2,1H3,(H2,14,15,20). The molecule has 2 aromatic heterocycles. The third kappa shape index (κ3) is 3.48. The molecule has 3 rings (SSSR count). The van der Waals surface area contributed by atoms with Crippen LogP contribution in [-0.4, -0.2) is 45.1 Å². The van der Waals surface area contributed by atoms with Crippen LogP contribution in [0, 0.1) is 0 Å². The van der Waals surface area contributed by atoms with Crippen LogP contribution in [-0.2, 0) is 7.05 Å². The summed E-state index contributed by atoms with van der Waals surface area (Å²) in [6.45, 7) is 1.81. The van der Waals surface area contributed by atoms with E-state index >= 15 is 0 Å². The number of rotatable bonds is 3. The highest BCUT2D eigenvalue weighted by Gasteiger charge is 2.22. The van der Waals surface area contributed by atoms with Gasteiger partial charge < -0.3 is 10.2 Å². The van der Waals surface area contributed by atoms with Crippen molar-refractivity contribution in [1.29, 1.82) is 0 Å². The minimum Gasteiger partial charge on any atom is -0.348 e. The lowest BCUT2D eigenvalue weighted by Gasteiger charge is -2.32. The van der Waals surface area contributed by atoms with Crippen molar-refractivity contribution < 1.29 is 4.79 Å². The zero-order chi connectivity index (χ0) is 14.7. The maximum atomic E-state index is 11.9. The van der Waals surface area contributed by atoms with Crippen LogP contribution in [0.25, 0.3) is 0 Å². The van der Waals surface area contributed by atoms with E-state index in [4.69, 9.17) is 0 Å². The number of piperidine rings is 1. The smallest absolute Gasteiger partial charge is 0.320 e. The van der Waals surface area contributed by atoms with Gasteiger partial charge in [0.05, 0.1) is 6.20 Å². The molecule has 0 aliphatic carbocycles. The Balaban J connectivity index is 1.45. The van der Waals surface area contributed by atoms with Gasteiger partial charge >= 0.3 is 6.03 Å². The molecule has 0 radical (unpaired) electrons. The zero-order valence-electron chi connectivity index (χ0n) is 11.7. The van der Waals surface area contributed by atoms with Crippen molar-refractivity contribution in [3.05, 3.63) is 17.8 Å². The maximum absolute atomic E-state index is 11.9. The zero-order valence-corrected chi connectivity index (χ0v) is 12.5. The number of aryl methyl sites for hydroxylation is 1. The molecule has 2 amide bonds. The number of nitrogens with one attached hydrogen (secondary N) is 2. The summed E-state index contributed by atoms with van der Waals surface area (Å²) < 4.78 is 1.54. The van der Waals surface area contributed by atoms with Crippen molar-refractivity contribution in [1.82, 2.24) is 25.3 Å². The first-order chi connectivity index (χ1) is 10.2. The van der Waals surface area contributed by atoms with Gasteiger partial charge in [0.15, 0.2) is 10.9 Å². The molecule has 1 aliphatic heterocycles. The largest absolute Gasteiger partial charge is 0.348 e. The Labute approximate surface area is 126 Å². The van der Waals surface area contributed by atoms with Gasteiger partial charge in [-0.25, -0.2) is 9.78 Å². The molecular formula is C12H17N7OS. The molecule has 2 aromatic rings. The van der Waals surface area contributed by atoms with E-state index in [1.54, 1.807) is 29.3 Å². The van der Waals surface area contributed by atoms with Crippen molar-refractivity contribution in [3.8, 4) is 0 Å². The van der Waals surface area contributed by atoms with Crippen molar-refractivity contribution in [2.45, 2.75) is 18.9 Å². The van der Waals surface area contributed by atoms with Gasteiger partial charge in [-0.15, -0.1) is 16.4 Å². The Morgan fingerprint density at radius 1 is 1.43 bits per heavy atom. The molecule has 112 valence electrons. The molecule has 1 saturated heterocycles. The van der Waals surface area contributed by atoms with Crippen LogP contribution < -0.4 is 15.5 Å². The second-order valence-electron chi connectivity index (χ2n) is 4.95. The summed E-state index contributed by atoms with van der Waals surface area (Å²) in [6, 6.07) is -0.0546. The fraction of sp³-hybridized carbons (Fsp3) is 0.500. The monoisotopic (exact) mass is 307 g/mol. The number of thiazole rings is 1. The van der Waals surface area contributed by atoms with Crippen LogP contribution in [0.1, 0.15) is 12.8 Å². The van der Waals surface area contributed by atoms with Gasteiger partial charge in [0.25, 0.3) is 0 Å². The number of carbonyl (C=O) groups excluding carboxylic acids is 1. The quantitative estimate of drug-likeness (QED) is 0.885. The molecule has 1 aliphatic rings. The van der Waals surface area contributed by atoms with Crippen LogP contribution in [0.4, 0.5) is 15.7 Å². The van der Waals surface area contributed by atoms with Crippen molar-refractivity contribution >= 4 is 28.3 Å². The first kappa shape index (κ1) is 13.8. The third-order valence-electron chi connectivity index (χ3n) is 3.36. The second kappa shape index (κ2) is 6.08. The molecule has 0 aromatic carbocycles. The number of aromatic nitrogens is 4. The summed E-state index contributed by atoms with van der Waals surface area (Å²) in [6.07, 6.45) is 5.30. The first-order valence-corrected chi connectivity index (χ1v) is 7.67. The van der Waals surface area contributed by atoms with Crippen LogP contribution in [0.3, 0.4) is 0 Å². The van der Waals surface area contributed by atoms with Gasteiger partial charge in [-0.3, -0.25) is 10.00 Å². The molecule has 3 heterocycles. The Bertz CT molecular complexity index is 589. The summed E-state index contributed by atoms with van der Waals surface area (Å²) >= 11 is 1.65. The van der Waals surface area contributed by atoms with E-state index in [-0.39, 0.29) is 12.1 Å². The molecule has 21 heavy (non-hydrogen) atoms. The van der Waals surface area contributed by atoms with Gasteiger partial charge in [-0.2, -0.15) is 0 Å². The van der Waals surface area contributed by atoms with E-state index in [0.29, 0.717) is 5.82 Å². The summed E-state index contributed by atoms with van der Waals surface area (Å²) in [5, 5.41) is 16.3. The molecule has 0 spiro atoms. The summed E-state index contributed by atoms with van der Waals surface area (Å²) in [5.74, 6) is 0.454. The summed E-state index contributed by atoms with van der Waals surface area (Å²) in [5.41, 5.74) is 0. The minimum absolute atomic E-state index is 0.179. The van der Waals surface area contributed by atoms with Gasteiger partial charge in [0, 0.05) is 37.8 Å². The molecule has 0 atom stereocenters. The fourth-order valence-electron chi connectivity index (χ4n) is 2.33. The lowest BCUT2D eigenvalue weighted by molar-refractivity contribution is 0.246. The Morgan fingerprint density at radius 2 is 2.24 bits per heavy atom. The Morgan fingerprint density at radius 3 is 2.86 bits per heavy atom. The van der Waals surface area contributed by atoms with Crippen LogP contribution in [0.2, 0.25) is 0 Å². The molecule has 0 unspecified atom stereocenters. The van der Waals surface area contributed by atoms with Gasteiger partial charge in [-0.1, -0.05) is 5.21 Å². The normalized spacial score (nSPS) is 16.0. The molecule has 8 nitrogen and oxygen atoms in total. The number of hydrogen-bond acceptors (Lipinski definition) is 6. The number of urea groups is 1. The molecule has 1 fully saturated rings. The third-order valence-corrected chi connectivity index (χ3v) is 4.20. The van der Waals surface area contributed by atoms with Crippen LogP contribution in [0.15, 0.2) is 17.8 Å². The first-order valence-electron chi connectivity index (χ1n) is 6.79. The van der Waals surface area contributed by atoms with E-state index in [0.717, 1.165) is 31.1 Å². The molecular weight excluding hydrogens is 290 g/mol. The highest BCUT2D eigenvalue weighted by atomic mass is 32.1. The second-order valence-corrected chi connectivity index (χ2v) is 5.82. The van der Waals surface area contributed by atoms with Crippen LogP contribution >= 0.6 is 11.3 Å². The average molecular weight is 307 g/mol. The Hall–Kier alpha value is -2.16. The van der Waals surface area contributed by atoms with Crippen molar-refractivity contribution in [3.63, 3.8) is 0 Å². The number of amides is 2. The fourth-order valence-corrected chi connectivity index (χ4v) is 3.03. The van der Waals surface area contributed by atoms with Gasteiger partial charge in [0.1, 0.15) is 0 Å². The topological polar surface area (TPSA) is 88.0 Å². The SMILES string of the molecule is Cn1cc(NC(=O)NC2CCN(c3nccs3)CC2)nn1. The van der Waals surface area contributed by atoms with E-state index in [9.17, 15) is 4.79 Å². The number of anilines is 2. The van der Waals surface area contributed by atoms with Crippen LogP contribution in [0.5, 0.6) is 0 Å². The van der Waals surface area contributed by atoms with Crippen molar-refractivity contribution in [2.24, 2.45) is 7.05 Å². The van der Waals surface area contributed by atoms with Gasteiger partial charge in [-0.05, 0) is 12.8 Å². The highest BCUT2D eigenvalue weighted by Crippen LogP contribution is 2.21. The number of nitrogens with zero attached hydrogens (tertiary/aromatic N) is 5. The average Bonchev–Trinajstić information content (AvgIpc) is 3.11. The molecule has 2 N–H and O–H groups in total. The van der Waals surface area contributed by atoms with Crippen molar-refractivity contribution in [2.75, 3.05) is 23.3 Å². The maximum Gasteiger partial charge on any atom is 0.320 e. The predicted molar refractivity (Wildman–Crippen MR) is 80.5 cm³/mol. The molecule has 0 saturated carbocycles. The van der Waals surface area contributed by atoms with Gasteiger partial charge in [0.2, 0.25) is 0 Å². The summed E-state index contributed by atoms with van der Waals surface area (Å²) in [7, 11) is 1.75. The molecule has 9 heteroatoms. The van der Waals surface area contributed by atoms with E-state index in [1.165, 1.54) is 0 Å². The molecule has 0 bridgehead atoms. The lowest BCUT2D eigenvalue weighted by Crippen LogP contribution is -2.46. The summed E-state index contributed by atoms with van der Waals surface area (Å²) in [4.78, 5) is 18.4. The minimum atomic E-state index is -0.233. The van der Waals surface area contributed by atoms with E-state index in [1.807, 2.05) is 11.6 Å². The highest BCUT2D eigenvalue weighted by molar-refractivity contribution is 7.13. The van der Waals surface area contributed by atoms with E-state index in [2.05, 4.69) is 30.8 Å². The number of hydrogen-bond donors (Lipinski definition) is 2.